The van der Waals surface area contributed by atoms with Crippen LogP contribution in [0.25, 0.3) is 0 Å². The predicted octanol–water partition coefficient (Wildman–Crippen LogP) is 2.73. The maximum Gasteiger partial charge on any atom is 0.257 e. The van der Waals surface area contributed by atoms with Crippen LogP contribution in [0.4, 0.5) is 4.39 Å². The summed E-state index contributed by atoms with van der Waals surface area (Å²) in [4.78, 5) is 13.7. The lowest BCUT2D eigenvalue weighted by Gasteiger charge is -2.32. The number of nitrogens with zero attached hydrogens (tertiary/aromatic N) is 2. The van der Waals surface area contributed by atoms with E-state index in [4.69, 9.17) is 0 Å². The SMILES string of the molecule is CN(C(=O)c1ccccc1F)C1(C#N)CCCC1. The number of hydrogen-bond acceptors (Lipinski definition) is 2. The van der Waals surface area contributed by atoms with Gasteiger partial charge >= 0.3 is 0 Å². The molecule has 1 aliphatic rings. The second-order valence-corrected chi connectivity index (χ2v) is 4.69. The van der Waals surface area contributed by atoms with Gasteiger partial charge in [-0.3, -0.25) is 4.79 Å². The van der Waals surface area contributed by atoms with Crippen molar-refractivity contribution >= 4 is 5.91 Å². The molecule has 1 aromatic carbocycles. The number of benzene rings is 1. The summed E-state index contributed by atoms with van der Waals surface area (Å²) >= 11 is 0. The Balaban J connectivity index is 2.30. The van der Waals surface area contributed by atoms with E-state index in [9.17, 15) is 14.4 Å². The van der Waals surface area contributed by atoms with Crippen molar-refractivity contribution < 1.29 is 9.18 Å². The molecule has 0 atom stereocenters. The Bertz CT molecular complexity index is 501. The minimum absolute atomic E-state index is 0.0292. The number of halogens is 1. The fourth-order valence-electron chi connectivity index (χ4n) is 2.49. The highest BCUT2D eigenvalue weighted by Crippen LogP contribution is 2.34. The van der Waals surface area contributed by atoms with Gasteiger partial charge in [0.05, 0.1) is 11.6 Å². The zero-order valence-corrected chi connectivity index (χ0v) is 10.3. The topological polar surface area (TPSA) is 44.1 Å². The normalized spacial score (nSPS) is 17.2. The molecule has 0 unspecified atom stereocenters. The van der Waals surface area contributed by atoms with Crippen molar-refractivity contribution in [3.05, 3.63) is 35.6 Å². The van der Waals surface area contributed by atoms with Gasteiger partial charge in [0.1, 0.15) is 11.4 Å². The van der Waals surface area contributed by atoms with Gasteiger partial charge in [0.15, 0.2) is 0 Å². The first kappa shape index (κ1) is 12.6. The highest BCUT2D eigenvalue weighted by atomic mass is 19.1. The summed E-state index contributed by atoms with van der Waals surface area (Å²) in [6.45, 7) is 0. The summed E-state index contributed by atoms with van der Waals surface area (Å²) in [6, 6.07) is 8.11. The zero-order chi connectivity index (χ0) is 13.2. The fraction of sp³-hybridized carbons (Fsp3) is 0.429. The van der Waals surface area contributed by atoms with E-state index in [1.54, 1.807) is 19.2 Å². The van der Waals surface area contributed by atoms with Crippen molar-refractivity contribution in [3.8, 4) is 6.07 Å². The van der Waals surface area contributed by atoms with Gasteiger partial charge in [0, 0.05) is 7.05 Å². The van der Waals surface area contributed by atoms with Gasteiger partial charge in [-0.05, 0) is 37.8 Å². The van der Waals surface area contributed by atoms with E-state index < -0.39 is 17.3 Å². The van der Waals surface area contributed by atoms with E-state index in [1.807, 2.05) is 0 Å². The molecule has 0 radical (unpaired) electrons. The Kier molecular flexibility index (Phi) is 3.33. The maximum atomic E-state index is 13.6. The summed E-state index contributed by atoms with van der Waals surface area (Å²) in [7, 11) is 1.59. The summed E-state index contributed by atoms with van der Waals surface area (Å²) in [5.41, 5.74) is -0.735. The van der Waals surface area contributed by atoms with Gasteiger partial charge < -0.3 is 4.90 Å². The van der Waals surface area contributed by atoms with Crippen molar-refractivity contribution in [1.82, 2.24) is 4.90 Å². The molecule has 3 nitrogen and oxygen atoms in total. The van der Waals surface area contributed by atoms with Crippen LogP contribution in [0, 0.1) is 17.1 Å². The first-order chi connectivity index (χ1) is 8.60. The molecular weight excluding hydrogens is 231 g/mol. The Morgan fingerprint density at radius 3 is 2.56 bits per heavy atom. The van der Waals surface area contributed by atoms with Crippen LogP contribution in [0.1, 0.15) is 36.0 Å². The van der Waals surface area contributed by atoms with E-state index in [0.29, 0.717) is 12.8 Å². The van der Waals surface area contributed by atoms with Crippen LogP contribution in [0.2, 0.25) is 0 Å². The summed E-state index contributed by atoms with van der Waals surface area (Å²) in [5, 5.41) is 9.31. The number of carbonyl (C=O) groups excluding carboxylic acids is 1. The number of hydrogen-bond donors (Lipinski definition) is 0. The molecule has 1 fully saturated rings. The molecule has 94 valence electrons. The fourth-order valence-corrected chi connectivity index (χ4v) is 2.49. The second kappa shape index (κ2) is 4.77. The minimum Gasteiger partial charge on any atom is -0.323 e. The van der Waals surface area contributed by atoms with E-state index in [0.717, 1.165) is 12.8 Å². The average Bonchev–Trinajstić information content (AvgIpc) is 2.87. The highest BCUT2D eigenvalue weighted by molar-refractivity contribution is 5.95. The standard InChI is InChI=1S/C14H15FN2O/c1-17(14(10-16)8-4-5-9-14)13(18)11-6-2-3-7-12(11)15/h2-3,6-7H,4-5,8-9H2,1H3. The third-order valence-corrected chi connectivity index (χ3v) is 3.69. The summed E-state index contributed by atoms with van der Waals surface area (Å²) in [5.74, 6) is -0.961. The number of rotatable bonds is 2. The van der Waals surface area contributed by atoms with Crippen LogP contribution in [-0.4, -0.2) is 23.4 Å². The monoisotopic (exact) mass is 246 g/mol. The van der Waals surface area contributed by atoms with E-state index in [1.165, 1.54) is 17.0 Å². The molecule has 1 aliphatic carbocycles. The van der Waals surface area contributed by atoms with Gasteiger partial charge in [-0.1, -0.05) is 12.1 Å². The quantitative estimate of drug-likeness (QED) is 0.805. The number of nitriles is 1. The first-order valence-electron chi connectivity index (χ1n) is 6.05. The molecule has 1 saturated carbocycles. The minimum atomic E-state index is -0.765. The molecule has 0 bridgehead atoms. The molecule has 1 aromatic rings. The van der Waals surface area contributed by atoms with Gasteiger partial charge in [0.25, 0.3) is 5.91 Å². The van der Waals surface area contributed by atoms with E-state index in [-0.39, 0.29) is 5.56 Å². The van der Waals surface area contributed by atoms with Gasteiger partial charge in [-0.25, -0.2) is 4.39 Å². The van der Waals surface area contributed by atoms with Crippen molar-refractivity contribution in [2.75, 3.05) is 7.05 Å². The average molecular weight is 246 g/mol. The van der Waals surface area contributed by atoms with Gasteiger partial charge in [-0.2, -0.15) is 5.26 Å². The van der Waals surface area contributed by atoms with Crippen molar-refractivity contribution in [3.63, 3.8) is 0 Å². The molecule has 2 rings (SSSR count). The van der Waals surface area contributed by atoms with Crippen molar-refractivity contribution in [2.45, 2.75) is 31.2 Å². The van der Waals surface area contributed by atoms with Crippen LogP contribution in [-0.2, 0) is 0 Å². The molecule has 18 heavy (non-hydrogen) atoms. The van der Waals surface area contributed by atoms with Crippen LogP contribution in [0.5, 0.6) is 0 Å². The summed E-state index contributed by atoms with van der Waals surface area (Å²) < 4.78 is 13.6. The third-order valence-electron chi connectivity index (χ3n) is 3.69. The molecule has 0 heterocycles. The van der Waals surface area contributed by atoms with Gasteiger partial charge in [-0.15, -0.1) is 0 Å². The molecular formula is C14H15FN2O. The van der Waals surface area contributed by atoms with Crippen LogP contribution in [0.15, 0.2) is 24.3 Å². The molecule has 0 N–H and O–H groups in total. The largest absolute Gasteiger partial charge is 0.323 e. The highest BCUT2D eigenvalue weighted by Gasteiger charge is 2.41. The van der Waals surface area contributed by atoms with Crippen molar-refractivity contribution in [1.29, 1.82) is 5.26 Å². The van der Waals surface area contributed by atoms with Crippen LogP contribution in [0.3, 0.4) is 0 Å². The predicted molar refractivity (Wildman–Crippen MR) is 65.3 cm³/mol. The molecule has 0 spiro atoms. The molecule has 0 aromatic heterocycles. The van der Waals surface area contributed by atoms with Crippen molar-refractivity contribution in [2.24, 2.45) is 0 Å². The lowest BCUT2D eigenvalue weighted by Crippen LogP contribution is -2.46. The molecule has 0 saturated heterocycles. The van der Waals surface area contributed by atoms with Gasteiger partial charge in [0.2, 0.25) is 0 Å². The third kappa shape index (κ3) is 1.97. The Hall–Kier alpha value is -1.89. The lowest BCUT2D eigenvalue weighted by molar-refractivity contribution is 0.0658. The Labute approximate surface area is 106 Å². The van der Waals surface area contributed by atoms with E-state index >= 15 is 0 Å². The van der Waals surface area contributed by atoms with E-state index in [2.05, 4.69) is 6.07 Å². The molecule has 1 amide bonds. The lowest BCUT2D eigenvalue weighted by atomic mass is 9.96. The Morgan fingerprint density at radius 2 is 2.00 bits per heavy atom. The zero-order valence-electron chi connectivity index (χ0n) is 10.3. The smallest absolute Gasteiger partial charge is 0.257 e. The molecule has 4 heteroatoms. The number of amides is 1. The summed E-state index contributed by atoms with van der Waals surface area (Å²) in [6.07, 6.45) is 3.20. The first-order valence-corrected chi connectivity index (χ1v) is 6.05. The second-order valence-electron chi connectivity index (χ2n) is 4.69. The Morgan fingerprint density at radius 1 is 1.39 bits per heavy atom. The number of carbonyl (C=O) groups is 1. The van der Waals surface area contributed by atoms with Crippen LogP contribution < -0.4 is 0 Å². The molecule has 0 aliphatic heterocycles. The maximum absolute atomic E-state index is 13.6. The van der Waals surface area contributed by atoms with Crippen LogP contribution >= 0.6 is 0 Å².